The molecule has 0 heterocycles. The van der Waals surface area contributed by atoms with Crippen molar-refractivity contribution in [3.63, 3.8) is 0 Å². The van der Waals surface area contributed by atoms with E-state index >= 15 is 0 Å². The normalized spacial score (nSPS) is 14.2. The van der Waals surface area contributed by atoms with Gasteiger partial charge in [-0.15, -0.1) is 0 Å². The summed E-state index contributed by atoms with van der Waals surface area (Å²) in [6.45, 7) is 8.11. The molecule has 0 radical (unpaired) electrons. The Morgan fingerprint density at radius 2 is 1.63 bits per heavy atom. The Morgan fingerprint density at radius 1 is 0.947 bits per heavy atom. The minimum Gasteiger partial charge on any atom is -0.385 e. The van der Waals surface area contributed by atoms with Crippen LogP contribution in [0, 0.1) is 20.8 Å². The second kappa shape index (κ2) is 5.18. The Bertz CT molecular complexity index is 582. The standard InChI is InChI=1S/C18H22O/c1-13-9-10-15(3)17(11-13)18(4,19)12-16-8-6-5-7-14(16)2/h5-11,19H,12H2,1-4H3. The molecule has 0 fully saturated rings. The molecular formula is C18H22O. The molecule has 0 saturated carbocycles. The third kappa shape index (κ3) is 3.05. The molecule has 2 rings (SSSR count). The van der Waals surface area contributed by atoms with Gasteiger partial charge in [0.1, 0.15) is 0 Å². The molecule has 1 unspecified atom stereocenters. The first-order valence-electron chi connectivity index (χ1n) is 6.75. The molecule has 2 aromatic rings. The molecular weight excluding hydrogens is 232 g/mol. The minimum absolute atomic E-state index is 0.643. The van der Waals surface area contributed by atoms with Crippen LogP contribution in [0.5, 0.6) is 0 Å². The summed E-state index contributed by atoms with van der Waals surface area (Å²) < 4.78 is 0. The molecule has 100 valence electrons. The molecule has 2 aromatic carbocycles. The van der Waals surface area contributed by atoms with E-state index in [0.29, 0.717) is 6.42 Å². The van der Waals surface area contributed by atoms with Gasteiger partial charge in [-0.2, -0.15) is 0 Å². The van der Waals surface area contributed by atoms with Crippen molar-refractivity contribution in [2.45, 2.75) is 39.7 Å². The zero-order valence-electron chi connectivity index (χ0n) is 12.2. The number of hydrogen-bond donors (Lipinski definition) is 1. The van der Waals surface area contributed by atoms with Gasteiger partial charge in [0.2, 0.25) is 0 Å². The lowest BCUT2D eigenvalue weighted by atomic mass is 9.84. The van der Waals surface area contributed by atoms with Crippen LogP contribution in [0.3, 0.4) is 0 Å². The summed E-state index contributed by atoms with van der Waals surface area (Å²) in [7, 11) is 0. The number of aliphatic hydroxyl groups is 1. The Labute approximate surface area is 115 Å². The molecule has 0 spiro atoms. The molecule has 0 amide bonds. The zero-order valence-corrected chi connectivity index (χ0v) is 12.2. The Morgan fingerprint density at radius 3 is 2.32 bits per heavy atom. The van der Waals surface area contributed by atoms with Crippen molar-refractivity contribution in [3.8, 4) is 0 Å². The van der Waals surface area contributed by atoms with Crippen LogP contribution in [0.25, 0.3) is 0 Å². The fourth-order valence-electron chi connectivity index (χ4n) is 2.59. The number of rotatable bonds is 3. The second-order valence-electron chi connectivity index (χ2n) is 5.70. The van der Waals surface area contributed by atoms with Gasteiger partial charge in [-0.05, 0) is 49.9 Å². The van der Waals surface area contributed by atoms with Gasteiger partial charge >= 0.3 is 0 Å². The Balaban J connectivity index is 2.37. The van der Waals surface area contributed by atoms with E-state index in [2.05, 4.69) is 51.1 Å². The van der Waals surface area contributed by atoms with Crippen molar-refractivity contribution in [1.29, 1.82) is 0 Å². The molecule has 0 aliphatic heterocycles. The van der Waals surface area contributed by atoms with Crippen LogP contribution in [-0.4, -0.2) is 5.11 Å². The molecule has 0 bridgehead atoms. The third-order valence-corrected chi connectivity index (χ3v) is 3.77. The highest BCUT2D eigenvalue weighted by molar-refractivity contribution is 5.37. The van der Waals surface area contributed by atoms with E-state index in [0.717, 1.165) is 11.1 Å². The average molecular weight is 254 g/mol. The summed E-state index contributed by atoms with van der Waals surface area (Å²) in [5, 5.41) is 10.9. The molecule has 0 aliphatic carbocycles. The maximum atomic E-state index is 10.9. The lowest BCUT2D eigenvalue weighted by Gasteiger charge is -2.27. The smallest absolute Gasteiger partial charge is 0.0911 e. The predicted octanol–water partition coefficient (Wildman–Crippen LogP) is 4.06. The first-order valence-corrected chi connectivity index (χ1v) is 6.75. The first-order chi connectivity index (χ1) is 8.90. The Hall–Kier alpha value is -1.60. The Kier molecular flexibility index (Phi) is 3.77. The van der Waals surface area contributed by atoms with Gasteiger partial charge in [-0.25, -0.2) is 0 Å². The van der Waals surface area contributed by atoms with E-state index in [1.165, 1.54) is 16.7 Å². The summed E-state index contributed by atoms with van der Waals surface area (Å²) in [5.74, 6) is 0. The predicted molar refractivity (Wildman–Crippen MR) is 80.4 cm³/mol. The van der Waals surface area contributed by atoms with E-state index in [-0.39, 0.29) is 0 Å². The number of benzene rings is 2. The monoisotopic (exact) mass is 254 g/mol. The molecule has 0 saturated heterocycles. The van der Waals surface area contributed by atoms with Crippen LogP contribution in [0.2, 0.25) is 0 Å². The fourth-order valence-corrected chi connectivity index (χ4v) is 2.59. The zero-order chi connectivity index (χ0) is 14.0. The molecule has 1 heteroatoms. The summed E-state index contributed by atoms with van der Waals surface area (Å²) in [6.07, 6.45) is 0.643. The summed E-state index contributed by atoms with van der Waals surface area (Å²) in [6, 6.07) is 14.5. The number of aryl methyl sites for hydroxylation is 3. The molecule has 0 aromatic heterocycles. The van der Waals surface area contributed by atoms with Crippen LogP contribution in [-0.2, 0) is 12.0 Å². The molecule has 0 aliphatic rings. The van der Waals surface area contributed by atoms with Crippen LogP contribution in [0.4, 0.5) is 0 Å². The van der Waals surface area contributed by atoms with Crippen LogP contribution in [0.1, 0.15) is 34.7 Å². The van der Waals surface area contributed by atoms with E-state index < -0.39 is 5.60 Å². The fraction of sp³-hybridized carbons (Fsp3) is 0.333. The quantitative estimate of drug-likeness (QED) is 0.875. The van der Waals surface area contributed by atoms with Crippen molar-refractivity contribution in [1.82, 2.24) is 0 Å². The van der Waals surface area contributed by atoms with E-state index in [1.807, 2.05) is 19.1 Å². The summed E-state index contributed by atoms with van der Waals surface area (Å²) >= 11 is 0. The second-order valence-corrected chi connectivity index (χ2v) is 5.70. The van der Waals surface area contributed by atoms with Crippen molar-refractivity contribution in [2.24, 2.45) is 0 Å². The first kappa shape index (κ1) is 13.8. The SMILES string of the molecule is Cc1ccc(C)c(C(C)(O)Cc2ccccc2C)c1. The van der Waals surface area contributed by atoms with Crippen LogP contribution in [0.15, 0.2) is 42.5 Å². The van der Waals surface area contributed by atoms with Crippen molar-refractivity contribution in [2.75, 3.05) is 0 Å². The third-order valence-electron chi connectivity index (χ3n) is 3.77. The van der Waals surface area contributed by atoms with Gasteiger partial charge in [-0.3, -0.25) is 0 Å². The van der Waals surface area contributed by atoms with Crippen molar-refractivity contribution < 1.29 is 5.11 Å². The van der Waals surface area contributed by atoms with E-state index in [9.17, 15) is 5.11 Å². The van der Waals surface area contributed by atoms with Crippen molar-refractivity contribution in [3.05, 3.63) is 70.3 Å². The highest BCUT2D eigenvalue weighted by Crippen LogP contribution is 2.29. The molecule has 1 nitrogen and oxygen atoms in total. The van der Waals surface area contributed by atoms with Crippen molar-refractivity contribution >= 4 is 0 Å². The van der Waals surface area contributed by atoms with Gasteiger partial charge in [0.25, 0.3) is 0 Å². The largest absolute Gasteiger partial charge is 0.385 e. The lowest BCUT2D eigenvalue weighted by Crippen LogP contribution is -2.26. The molecule has 1 N–H and O–H groups in total. The van der Waals surface area contributed by atoms with Gasteiger partial charge in [0, 0.05) is 6.42 Å². The van der Waals surface area contributed by atoms with Crippen LogP contribution < -0.4 is 0 Å². The molecule has 19 heavy (non-hydrogen) atoms. The minimum atomic E-state index is -0.831. The van der Waals surface area contributed by atoms with Gasteiger partial charge in [-0.1, -0.05) is 48.0 Å². The summed E-state index contributed by atoms with van der Waals surface area (Å²) in [4.78, 5) is 0. The topological polar surface area (TPSA) is 20.2 Å². The van der Waals surface area contributed by atoms with Gasteiger partial charge in [0.05, 0.1) is 5.60 Å². The summed E-state index contributed by atoms with van der Waals surface area (Å²) in [5.41, 5.74) is 4.95. The van der Waals surface area contributed by atoms with Gasteiger partial charge < -0.3 is 5.11 Å². The van der Waals surface area contributed by atoms with E-state index in [4.69, 9.17) is 0 Å². The maximum Gasteiger partial charge on any atom is 0.0911 e. The van der Waals surface area contributed by atoms with Gasteiger partial charge in [0.15, 0.2) is 0 Å². The maximum absolute atomic E-state index is 10.9. The molecule has 1 atom stereocenters. The highest BCUT2D eigenvalue weighted by Gasteiger charge is 2.25. The van der Waals surface area contributed by atoms with Crippen LogP contribution >= 0.6 is 0 Å². The van der Waals surface area contributed by atoms with E-state index in [1.54, 1.807) is 0 Å². The highest BCUT2D eigenvalue weighted by atomic mass is 16.3. The number of hydrogen-bond acceptors (Lipinski definition) is 1. The lowest BCUT2D eigenvalue weighted by molar-refractivity contribution is 0.0567. The average Bonchev–Trinajstić information content (AvgIpc) is 2.35.